The van der Waals surface area contributed by atoms with Crippen molar-refractivity contribution in [2.24, 2.45) is 0 Å². The second-order valence-corrected chi connectivity index (χ2v) is 7.11. The lowest BCUT2D eigenvalue weighted by Gasteiger charge is -2.29. The highest BCUT2D eigenvalue weighted by Gasteiger charge is 2.31. The molecule has 144 valence electrons. The number of hydrogen-bond donors (Lipinski definition) is 0. The molecule has 1 saturated heterocycles. The zero-order valence-electron chi connectivity index (χ0n) is 15.4. The van der Waals surface area contributed by atoms with Crippen LogP contribution in [0.4, 0.5) is 4.39 Å². The number of hydrogen-bond acceptors (Lipinski definition) is 4. The van der Waals surface area contributed by atoms with Crippen molar-refractivity contribution in [3.63, 3.8) is 0 Å². The van der Waals surface area contributed by atoms with Gasteiger partial charge in [-0.2, -0.15) is 0 Å². The number of carbonyl (C=O) groups excluding carboxylic acids is 1. The fourth-order valence-electron chi connectivity index (χ4n) is 3.56. The summed E-state index contributed by atoms with van der Waals surface area (Å²) in [6, 6.07) is 13.7. The molecule has 0 aliphatic carbocycles. The molecule has 6 heteroatoms. The maximum atomic E-state index is 14.0. The van der Waals surface area contributed by atoms with Gasteiger partial charge < -0.3 is 4.74 Å². The number of esters is 1. The van der Waals surface area contributed by atoms with Gasteiger partial charge in [-0.05, 0) is 30.7 Å². The van der Waals surface area contributed by atoms with E-state index in [1.54, 1.807) is 12.1 Å². The predicted molar refractivity (Wildman–Crippen MR) is 104 cm³/mol. The van der Waals surface area contributed by atoms with Crippen LogP contribution in [0.15, 0.2) is 48.5 Å². The molecule has 3 rings (SSSR count). The largest absolute Gasteiger partial charge is 0.468 e. The summed E-state index contributed by atoms with van der Waals surface area (Å²) in [6.45, 7) is 3.58. The van der Waals surface area contributed by atoms with Gasteiger partial charge in [0.25, 0.3) is 0 Å². The Bertz CT molecular complexity index is 786. The first kappa shape index (κ1) is 19.8. The number of nitrogens with zero attached hydrogens (tertiary/aromatic N) is 2. The van der Waals surface area contributed by atoms with Crippen molar-refractivity contribution in [2.45, 2.75) is 19.0 Å². The zero-order valence-corrected chi connectivity index (χ0v) is 16.2. The monoisotopic (exact) mass is 390 g/mol. The summed E-state index contributed by atoms with van der Waals surface area (Å²) in [4.78, 5) is 16.8. The average molecular weight is 391 g/mol. The Labute approximate surface area is 164 Å². The molecule has 1 unspecified atom stereocenters. The molecule has 0 amide bonds. The zero-order chi connectivity index (χ0) is 19.2. The highest BCUT2D eigenvalue weighted by molar-refractivity contribution is 6.31. The number of benzene rings is 2. The van der Waals surface area contributed by atoms with E-state index in [4.69, 9.17) is 16.3 Å². The molecule has 1 aliphatic heterocycles. The summed E-state index contributed by atoms with van der Waals surface area (Å²) < 4.78 is 19.0. The molecule has 2 aromatic carbocycles. The standard InChI is InChI=1S/C21H24ClFN2O2/c1-27-21(26)20(17-8-3-4-9-18(17)22)25-12-6-11-24(13-14-25)15-16-7-2-5-10-19(16)23/h2-5,7-10,20H,6,11-15H2,1H3. The van der Waals surface area contributed by atoms with Crippen LogP contribution in [0.25, 0.3) is 0 Å². The van der Waals surface area contributed by atoms with Crippen LogP contribution in [0.2, 0.25) is 5.02 Å². The van der Waals surface area contributed by atoms with Gasteiger partial charge in [-0.1, -0.05) is 48.0 Å². The van der Waals surface area contributed by atoms with Crippen molar-refractivity contribution in [3.05, 3.63) is 70.5 Å². The Hall–Kier alpha value is -1.95. The SMILES string of the molecule is COC(=O)C(c1ccccc1Cl)N1CCCN(Cc2ccccc2F)CC1. The minimum atomic E-state index is -0.530. The van der Waals surface area contributed by atoms with Crippen LogP contribution in [0, 0.1) is 5.82 Å². The highest BCUT2D eigenvalue weighted by atomic mass is 35.5. The molecular formula is C21H24ClFN2O2. The van der Waals surface area contributed by atoms with Crippen LogP contribution in [0.5, 0.6) is 0 Å². The van der Waals surface area contributed by atoms with Crippen LogP contribution in [-0.4, -0.2) is 49.1 Å². The van der Waals surface area contributed by atoms with Crippen LogP contribution < -0.4 is 0 Å². The minimum absolute atomic E-state index is 0.179. The lowest BCUT2D eigenvalue weighted by atomic mass is 10.0. The van der Waals surface area contributed by atoms with Gasteiger partial charge in [0.05, 0.1) is 7.11 Å². The van der Waals surface area contributed by atoms with E-state index in [0.29, 0.717) is 23.7 Å². The maximum absolute atomic E-state index is 14.0. The van der Waals surface area contributed by atoms with E-state index in [1.165, 1.54) is 13.2 Å². The molecular weight excluding hydrogens is 367 g/mol. The number of rotatable bonds is 5. The number of carbonyl (C=O) groups is 1. The number of ether oxygens (including phenoxy) is 1. The number of halogens is 2. The summed E-state index contributed by atoms with van der Waals surface area (Å²) in [5.74, 6) is -0.493. The molecule has 0 bridgehead atoms. The first-order chi connectivity index (χ1) is 13.1. The van der Waals surface area contributed by atoms with E-state index in [-0.39, 0.29) is 11.8 Å². The van der Waals surface area contributed by atoms with E-state index in [0.717, 1.165) is 31.6 Å². The number of methoxy groups -OCH3 is 1. The summed E-state index contributed by atoms with van der Waals surface area (Å²) in [5, 5.41) is 0.556. The molecule has 2 aromatic rings. The predicted octanol–water partition coefficient (Wildman–Crippen LogP) is 3.90. The van der Waals surface area contributed by atoms with Gasteiger partial charge in [-0.25, -0.2) is 9.18 Å². The lowest BCUT2D eigenvalue weighted by molar-refractivity contribution is -0.147. The summed E-state index contributed by atoms with van der Waals surface area (Å²) in [6.07, 6.45) is 0.881. The molecule has 0 N–H and O–H groups in total. The molecule has 0 aromatic heterocycles. The molecule has 4 nitrogen and oxygen atoms in total. The van der Waals surface area contributed by atoms with Crippen molar-refractivity contribution < 1.29 is 13.9 Å². The summed E-state index contributed by atoms with van der Waals surface area (Å²) in [5.41, 5.74) is 1.45. The smallest absolute Gasteiger partial charge is 0.327 e. The van der Waals surface area contributed by atoms with E-state index in [1.807, 2.05) is 30.3 Å². The third-order valence-corrected chi connectivity index (χ3v) is 5.31. The molecule has 27 heavy (non-hydrogen) atoms. The Balaban J connectivity index is 1.74. The third kappa shape index (κ3) is 4.86. The van der Waals surface area contributed by atoms with Crippen molar-refractivity contribution in [1.29, 1.82) is 0 Å². The van der Waals surface area contributed by atoms with Crippen molar-refractivity contribution >= 4 is 17.6 Å². The van der Waals surface area contributed by atoms with Gasteiger partial charge in [0.1, 0.15) is 11.9 Å². The van der Waals surface area contributed by atoms with E-state index < -0.39 is 6.04 Å². The maximum Gasteiger partial charge on any atom is 0.327 e. The normalized spacial score (nSPS) is 17.3. The first-order valence-electron chi connectivity index (χ1n) is 9.12. The second kappa shape index (κ2) is 9.31. The molecule has 0 saturated carbocycles. The van der Waals surface area contributed by atoms with Crippen LogP contribution in [0.1, 0.15) is 23.6 Å². The molecule has 0 radical (unpaired) electrons. The molecule has 0 spiro atoms. The Morgan fingerprint density at radius 2 is 1.85 bits per heavy atom. The minimum Gasteiger partial charge on any atom is -0.468 e. The van der Waals surface area contributed by atoms with Crippen LogP contribution >= 0.6 is 11.6 Å². The lowest BCUT2D eigenvalue weighted by Crippen LogP contribution is -2.38. The van der Waals surface area contributed by atoms with Gasteiger partial charge in [-0.15, -0.1) is 0 Å². The van der Waals surface area contributed by atoms with Crippen LogP contribution in [-0.2, 0) is 16.1 Å². The van der Waals surface area contributed by atoms with Gasteiger partial charge >= 0.3 is 5.97 Å². The fraction of sp³-hybridized carbons (Fsp3) is 0.381. The van der Waals surface area contributed by atoms with Gasteiger partial charge in [0.2, 0.25) is 0 Å². The van der Waals surface area contributed by atoms with Gasteiger partial charge in [0, 0.05) is 36.8 Å². The highest BCUT2D eigenvalue weighted by Crippen LogP contribution is 2.29. The van der Waals surface area contributed by atoms with E-state index >= 15 is 0 Å². The Morgan fingerprint density at radius 3 is 2.59 bits per heavy atom. The second-order valence-electron chi connectivity index (χ2n) is 6.70. The van der Waals surface area contributed by atoms with Crippen molar-refractivity contribution in [2.75, 3.05) is 33.3 Å². The average Bonchev–Trinajstić information content (AvgIpc) is 2.91. The molecule has 1 heterocycles. The molecule has 1 aliphatic rings. The van der Waals surface area contributed by atoms with Crippen molar-refractivity contribution in [1.82, 2.24) is 9.80 Å². The third-order valence-electron chi connectivity index (χ3n) is 4.96. The molecule has 1 atom stereocenters. The molecule has 1 fully saturated rings. The van der Waals surface area contributed by atoms with E-state index in [2.05, 4.69) is 9.80 Å². The van der Waals surface area contributed by atoms with Crippen molar-refractivity contribution in [3.8, 4) is 0 Å². The first-order valence-corrected chi connectivity index (χ1v) is 9.50. The van der Waals surface area contributed by atoms with Crippen LogP contribution in [0.3, 0.4) is 0 Å². The van der Waals surface area contributed by atoms with E-state index in [9.17, 15) is 9.18 Å². The summed E-state index contributed by atoms with van der Waals surface area (Å²) in [7, 11) is 1.40. The fourth-order valence-corrected chi connectivity index (χ4v) is 3.80. The Kier molecular flexibility index (Phi) is 6.83. The summed E-state index contributed by atoms with van der Waals surface area (Å²) >= 11 is 6.35. The topological polar surface area (TPSA) is 32.8 Å². The quantitative estimate of drug-likeness (QED) is 0.725. The Morgan fingerprint density at radius 1 is 1.11 bits per heavy atom. The van der Waals surface area contributed by atoms with Gasteiger partial charge in [0.15, 0.2) is 0 Å². The van der Waals surface area contributed by atoms with Gasteiger partial charge in [-0.3, -0.25) is 9.80 Å².